The second kappa shape index (κ2) is 5.76. The van der Waals surface area contributed by atoms with Crippen molar-refractivity contribution in [2.75, 3.05) is 0 Å². The maximum Gasteiger partial charge on any atom is 0.0633 e. The van der Waals surface area contributed by atoms with Crippen LogP contribution in [0.4, 0.5) is 0 Å². The van der Waals surface area contributed by atoms with Crippen molar-refractivity contribution in [3.05, 3.63) is 46.8 Å². The molecule has 2 aliphatic carbocycles. The number of nitrogens with zero attached hydrogens (tertiary/aromatic N) is 2. The van der Waals surface area contributed by atoms with Gasteiger partial charge in [-0.2, -0.15) is 10.2 Å². The van der Waals surface area contributed by atoms with Crippen molar-refractivity contribution in [1.29, 1.82) is 0 Å². The number of hydrogen-bond donors (Lipinski definition) is 0. The molecular weight excluding hydrogens is 208 g/mol. The average molecular weight is 228 g/mol. The molecule has 2 aliphatic rings. The number of azo groups is 1. The Morgan fingerprint density at radius 1 is 0.882 bits per heavy atom. The highest BCUT2D eigenvalue weighted by atomic mass is 15.1. The molecular formula is C15H20N2. The number of hydrogen-bond acceptors (Lipinski definition) is 2. The molecule has 0 spiro atoms. The zero-order chi connectivity index (χ0) is 12.1. The van der Waals surface area contributed by atoms with Crippen molar-refractivity contribution in [1.82, 2.24) is 0 Å². The van der Waals surface area contributed by atoms with Crippen molar-refractivity contribution in [2.45, 2.75) is 46.0 Å². The van der Waals surface area contributed by atoms with Crippen LogP contribution in [0.25, 0.3) is 0 Å². The predicted octanol–water partition coefficient (Wildman–Crippen LogP) is 5.08. The minimum Gasteiger partial charge on any atom is -0.155 e. The fraction of sp³-hybridized carbons (Fsp3) is 0.467. The SMILES string of the molecule is CCC1=CC=C(N=NC2=CC=C(C)CC2)CC1. The summed E-state index contributed by atoms with van der Waals surface area (Å²) in [6, 6.07) is 0. The standard InChI is InChI=1S/C15H20N2/c1-3-13-6-10-15(11-7-13)17-16-14-8-4-12(2)5-9-14/h4,6,8,10H,3,5,7,9,11H2,1-2H3. The summed E-state index contributed by atoms with van der Waals surface area (Å²) in [6.45, 7) is 4.36. The summed E-state index contributed by atoms with van der Waals surface area (Å²) in [5.41, 5.74) is 5.15. The van der Waals surface area contributed by atoms with Gasteiger partial charge in [0.1, 0.15) is 0 Å². The van der Waals surface area contributed by atoms with Crippen LogP contribution in [0.3, 0.4) is 0 Å². The Labute approximate surface area is 104 Å². The van der Waals surface area contributed by atoms with Gasteiger partial charge in [0.2, 0.25) is 0 Å². The molecule has 0 heterocycles. The van der Waals surface area contributed by atoms with Crippen LogP contribution in [0, 0.1) is 0 Å². The van der Waals surface area contributed by atoms with Crippen LogP contribution in [0.1, 0.15) is 46.0 Å². The van der Waals surface area contributed by atoms with Crippen molar-refractivity contribution >= 4 is 0 Å². The zero-order valence-electron chi connectivity index (χ0n) is 10.7. The highest BCUT2D eigenvalue weighted by Crippen LogP contribution is 2.23. The maximum absolute atomic E-state index is 4.34. The van der Waals surface area contributed by atoms with Crippen molar-refractivity contribution in [2.24, 2.45) is 10.2 Å². The number of allylic oxidation sites excluding steroid dienone is 8. The fourth-order valence-corrected chi connectivity index (χ4v) is 1.99. The molecule has 2 nitrogen and oxygen atoms in total. The van der Waals surface area contributed by atoms with E-state index in [4.69, 9.17) is 0 Å². The Balaban J connectivity index is 1.98. The first kappa shape index (κ1) is 12.0. The van der Waals surface area contributed by atoms with Gasteiger partial charge in [-0.15, -0.1) is 0 Å². The molecule has 0 aromatic heterocycles. The van der Waals surface area contributed by atoms with Crippen LogP contribution in [-0.4, -0.2) is 0 Å². The summed E-state index contributed by atoms with van der Waals surface area (Å²) >= 11 is 0. The minimum atomic E-state index is 1.02. The van der Waals surface area contributed by atoms with E-state index in [0.29, 0.717) is 0 Å². The van der Waals surface area contributed by atoms with Gasteiger partial charge in [0.05, 0.1) is 11.4 Å². The van der Waals surface area contributed by atoms with E-state index in [1.54, 1.807) is 0 Å². The zero-order valence-corrected chi connectivity index (χ0v) is 10.7. The third kappa shape index (κ3) is 3.52. The van der Waals surface area contributed by atoms with E-state index >= 15 is 0 Å². The minimum absolute atomic E-state index is 1.02. The van der Waals surface area contributed by atoms with E-state index in [1.807, 2.05) is 0 Å². The first-order valence-electron chi connectivity index (χ1n) is 6.44. The van der Waals surface area contributed by atoms with Crippen LogP contribution in [0.2, 0.25) is 0 Å². The lowest BCUT2D eigenvalue weighted by Crippen LogP contribution is -1.91. The molecule has 2 rings (SSSR count). The molecule has 0 saturated carbocycles. The third-order valence-corrected chi connectivity index (χ3v) is 3.31. The first-order valence-corrected chi connectivity index (χ1v) is 6.44. The van der Waals surface area contributed by atoms with Gasteiger partial charge < -0.3 is 0 Å². The largest absolute Gasteiger partial charge is 0.155 e. The molecule has 0 saturated heterocycles. The third-order valence-electron chi connectivity index (χ3n) is 3.31. The highest BCUT2D eigenvalue weighted by molar-refractivity contribution is 5.24. The van der Waals surface area contributed by atoms with Gasteiger partial charge in [-0.3, -0.25) is 0 Å². The molecule has 0 bridgehead atoms. The molecule has 0 amide bonds. The maximum atomic E-state index is 4.34. The number of rotatable bonds is 3. The van der Waals surface area contributed by atoms with E-state index in [1.165, 1.54) is 11.1 Å². The highest BCUT2D eigenvalue weighted by Gasteiger charge is 2.05. The van der Waals surface area contributed by atoms with Gasteiger partial charge in [-0.25, -0.2) is 0 Å². The summed E-state index contributed by atoms with van der Waals surface area (Å²) in [7, 11) is 0. The van der Waals surface area contributed by atoms with Crippen LogP contribution in [0.15, 0.2) is 57.1 Å². The van der Waals surface area contributed by atoms with Crippen LogP contribution < -0.4 is 0 Å². The molecule has 2 heteroatoms. The lowest BCUT2D eigenvalue weighted by Gasteiger charge is -2.10. The summed E-state index contributed by atoms with van der Waals surface area (Å²) in [5, 5.41) is 8.68. The van der Waals surface area contributed by atoms with Gasteiger partial charge in [-0.1, -0.05) is 30.2 Å². The predicted molar refractivity (Wildman–Crippen MR) is 71.6 cm³/mol. The molecule has 0 fully saturated rings. The molecule has 0 aromatic rings. The summed E-state index contributed by atoms with van der Waals surface area (Å²) in [6.07, 6.45) is 14.0. The van der Waals surface area contributed by atoms with Crippen molar-refractivity contribution in [3.8, 4) is 0 Å². The van der Waals surface area contributed by atoms with E-state index in [-0.39, 0.29) is 0 Å². The second-order valence-corrected chi connectivity index (χ2v) is 4.71. The van der Waals surface area contributed by atoms with Gasteiger partial charge >= 0.3 is 0 Å². The van der Waals surface area contributed by atoms with Crippen LogP contribution >= 0.6 is 0 Å². The lowest BCUT2D eigenvalue weighted by atomic mass is 10.0. The van der Waals surface area contributed by atoms with Gasteiger partial charge in [0.15, 0.2) is 0 Å². The smallest absolute Gasteiger partial charge is 0.0633 e. The van der Waals surface area contributed by atoms with Gasteiger partial charge in [0, 0.05) is 0 Å². The molecule has 0 atom stereocenters. The van der Waals surface area contributed by atoms with Crippen molar-refractivity contribution in [3.63, 3.8) is 0 Å². The Bertz CT molecular complexity index is 434. The molecule has 0 aliphatic heterocycles. The Morgan fingerprint density at radius 2 is 1.53 bits per heavy atom. The summed E-state index contributed by atoms with van der Waals surface area (Å²) < 4.78 is 0. The summed E-state index contributed by atoms with van der Waals surface area (Å²) in [4.78, 5) is 0. The van der Waals surface area contributed by atoms with E-state index < -0.39 is 0 Å². The van der Waals surface area contributed by atoms with Crippen LogP contribution in [-0.2, 0) is 0 Å². The molecule has 90 valence electrons. The topological polar surface area (TPSA) is 24.7 Å². The monoisotopic (exact) mass is 228 g/mol. The summed E-state index contributed by atoms with van der Waals surface area (Å²) in [5.74, 6) is 0. The first-order chi connectivity index (χ1) is 8.28. The molecule has 0 aromatic carbocycles. The fourth-order valence-electron chi connectivity index (χ4n) is 1.99. The van der Waals surface area contributed by atoms with Gasteiger partial charge in [0.25, 0.3) is 0 Å². The second-order valence-electron chi connectivity index (χ2n) is 4.71. The van der Waals surface area contributed by atoms with Crippen LogP contribution in [0.5, 0.6) is 0 Å². The Hall–Kier alpha value is -1.44. The van der Waals surface area contributed by atoms with Crippen molar-refractivity contribution < 1.29 is 0 Å². The molecule has 0 unspecified atom stereocenters. The normalized spacial score (nSPS) is 20.8. The Kier molecular flexibility index (Phi) is 4.08. The van der Waals surface area contributed by atoms with E-state index in [9.17, 15) is 0 Å². The lowest BCUT2D eigenvalue weighted by molar-refractivity contribution is 0.811. The molecule has 0 radical (unpaired) electrons. The Morgan fingerprint density at radius 3 is 2.00 bits per heavy atom. The average Bonchev–Trinajstić information content (AvgIpc) is 2.39. The van der Waals surface area contributed by atoms with Gasteiger partial charge in [-0.05, 0) is 51.2 Å². The van der Waals surface area contributed by atoms with E-state index in [0.717, 1.165) is 43.5 Å². The molecule has 0 N–H and O–H groups in total. The molecule has 17 heavy (non-hydrogen) atoms. The quantitative estimate of drug-likeness (QED) is 0.602. The van der Waals surface area contributed by atoms with E-state index in [2.05, 4.69) is 48.4 Å².